The van der Waals surface area contributed by atoms with E-state index < -0.39 is 29.7 Å². The number of rotatable bonds is 12. The second-order valence-corrected chi connectivity index (χ2v) is 18.5. The number of anilines is 2. The molecule has 5 amide bonds. The predicted molar refractivity (Wildman–Crippen MR) is 241 cm³/mol. The molecule has 65 heavy (non-hydrogen) atoms. The Bertz CT molecular complexity index is 2600. The molecule has 0 spiro atoms. The van der Waals surface area contributed by atoms with Gasteiger partial charge in [0.05, 0.1) is 25.1 Å². The molecule has 2 aromatic heterocycles. The van der Waals surface area contributed by atoms with Gasteiger partial charge < -0.3 is 24.4 Å². The van der Waals surface area contributed by atoms with Crippen LogP contribution in [0, 0.1) is 5.82 Å². The summed E-state index contributed by atoms with van der Waals surface area (Å²) in [5, 5.41) is 10.6. The van der Waals surface area contributed by atoms with E-state index in [9.17, 15) is 24.0 Å². The van der Waals surface area contributed by atoms with Gasteiger partial charge in [0.15, 0.2) is 11.2 Å². The lowest BCUT2D eigenvalue weighted by atomic mass is 9.89. The zero-order valence-electron chi connectivity index (χ0n) is 35.8. The standard InChI is InChI=1S/C48H50FN9O6S/c49-38-25-32(24-36-37(38)26-58(47(36)63)44(46(62)54-48-50-17-23-65-48)43-40-2-1-18-57(40)28-51-43)30-5-9-34(10-6-30)64-35-15-21-56(22-16-35)42(60)27-55-19-13-31(14-20-55)29-3-7-33(8-4-29)52-39-11-12-41(59)53-45(39)61/h3-10,17,23-25,28,31,35,39,44,52H,1-2,11-16,18-22,26-27H2,(H,50,54,62)(H,53,59,61)/t39-,44?/m0/s1. The third kappa shape index (κ3) is 8.99. The average molecular weight is 900 g/mol. The van der Waals surface area contributed by atoms with Gasteiger partial charge in [-0.2, -0.15) is 0 Å². The van der Waals surface area contributed by atoms with Gasteiger partial charge in [-0.1, -0.05) is 24.3 Å². The highest BCUT2D eigenvalue weighted by atomic mass is 32.1. The summed E-state index contributed by atoms with van der Waals surface area (Å²) in [6.45, 7) is 4.05. The number of amides is 5. The fourth-order valence-corrected chi connectivity index (χ4v) is 10.4. The van der Waals surface area contributed by atoms with Crippen molar-refractivity contribution in [2.75, 3.05) is 43.4 Å². The molecule has 5 aliphatic rings. The molecule has 0 radical (unpaired) electrons. The summed E-state index contributed by atoms with van der Waals surface area (Å²) in [6, 6.07) is 17.3. The zero-order chi connectivity index (χ0) is 44.6. The second-order valence-electron chi connectivity index (χ2n) is 17.6. The number of nitrogens with zero attached hydrogens (tertiary/aromatic N) is 6. The van der Waals surface area contributed by atoms with Crippen LogP contribution in [0.2, 0.25) is 0 Å². The first kappa shape index (κ1) is 42.5. The molecular formula is C48H50FN9O6S. The minimum Gasteiger partial charge on any atom is -0.490 e. The number of benzene rings is 3. The molecule has 7 heterocycles. The van der Waals surface area contributed by atoms with Crippen LogP contribution in [0.25, 0.3) is 11.1 Å². The topological polar surface area (TPSA) is 171 Å². The Labute approximate surface area is 379 Å². The molecule has 3 aromatic carbocycles. The van der Waals surface area contributed by atoms with E-state index in [4.69, 9.17) is 4.74 Å². The lowest BCUT2D eigenvalue weighted by molar-refractivity contribution is -0.135. The van der Waals surface area contributed by atoms with Crippen molar-refractivity contribution in [2.24, 2.45) is 0 Å². The average Bonchev–Trinajstić information content (AvgIpc) is 4.14. The summed E-state index contributed by atoms with van der Waals surface area (Å²) in [7, 11) is 0. The number of carbonyl (C=O) groups excluding carboxylic acids is 5. The Balaban J connectivity index is 0.702. The number of likely N-dealkylation sites (tertiary alicyclic amines) is 2. The predicted octanol–water partition coefficient (Wildman–Crippen LogP) is 5.89. The maximum atomic E-state index is 15.9. The van der Waals surface area contributed by atoms with Gasteiger partial charge in [-0.3, -0.25) is 39.5 Å². The highest BCUT2D eigenvalue weighted by Gasteiger charge is 2.42. The largest absolute Gasteiger partial charge is 0.490 e. The monoisotopic (exact) mass is 899 g/mol. The fraction of sp³-hybridized carbons (Fsp3) is 0.396. The quantitative estimate of drug-likeness (QED) is 0.128. The molecule has 5 aliphatic heterocycles. The summed E-state index contributed by atoms with van der Waals surface area (Å²) >= 11 is 1.28. The van der Waals surface area contributed by atoms with E-state index in [0.717, 1.165) is 62.3 Å². The lowest BCUT2D eigenvalue weighted by Gasteiger charge is -2.36. The molecule has 17 heteroatoms. The molecule has 0 aliphatic carbocycles. The number of hydrogen-bond acceptors (Lipinski definition) is 11. The van der Waals surface area contributed by atoms with Crippen molar-refractivity contribution in [1.82, 2.24) is 34.6 Å². The molecule has 3 N–H and O–H groups in total. The van der Waals surface area contributed by atoms with Crippen LogP contribution in [0.5, 0.6) is 5.75 Å². The molecule has 2 atom stereocenters. The van der Waals surface area contributed by atoms with Crippen molar-refractivity contribution in [2.45, 2.75) is 88.6 Å². The minimum atomic E-state index is -1.06. The molecule has 0 saturated carbocycles. The van der Waals surface area contributed by atoms with Crippen LogP contribution in [0.15, 0.2) is 78.6 Å². The molecule has 10 rings (SSSR count). The van der Waals surface area contributed by atoms with Crippen molar-refractivity contribution in [3.05, 3.63) is 112 Å². The summed E-state index contributed by atoms with van der Waals surface area (Å²) in [4.78, 5) is 79.3. The number of thiazole rings is 1. The summed E-state index contributed by atoms with van der Waals surface area (Å²) in [5.74, 6) is -0.692. The van der Waals surface area contributed by atoms with Crippen molar-refractivity contribution < 1.29 is 33.1 Å². The van der Waals surface area contributed by atoms with Gasteiger partial charge in [0.1, 0.15) is 23.7 Å². The van der Waals surface area contributed by atoms with Crippen molar-refractivity contribution in [3.63, 3.8) is 0 Å². The molecule has 0 bridgehead atoms. The normalized spacial score (nSPS) is 19.8. The van der Waals surface area contributed by atoms with Crippen LogP contribution < -0.4 is 20.7 Å². The van der Waals surface area contributed by atoms with Gasteiger partial charge in [0.2, 0.25) is 17.7 Å². The molecule has 336 valence electrons. The number of imide groups is 1. The van der Waals surface area contributed by atoms with Gasteiger partial charge >= 0.3 is 0 Å². The third-order valence-corrected chi connectivity index (χ3v) is 14.2. The van der Waals surface area contributed by atoms with E-state index in [1.165, 1.54) is 27.9 Å². The first-order valence-corrected chi connectivity index (χ1v) is 23.4. The number of nitrogens with one attached hydrogen (secondary N) is 3. The number of aromatic nitrogens is 3. The molecular weight excluding hydrogens is 850 g/mol. The molecule has 1 unspecified atom stereocenters. The molecule has 3 saturated heterocycles. The Hall–Kier alpha value is -6.46. The van der Waals surface area contributed by atoms with E-state index in [0.29, 0.717) is 73.4 Å². The Morgan fingerprint density at radius 3 is 2.42 bits per heavy atom. The second kappa shape index (κ2) is 18.2. The van der Waals surface area contributed by atoms with Crippen LogP contribution in [0.4, 0.5) is 15.2 Å². The van der Waals surface area contributed by atoms with Gasteiger partial charge in [-0.15, -0.1) is 11.3 Å². The zero-order valence-corrected chi connectivity index (χ0v) is 36.7. The summed E-state index contributed by atoms with van der Waals surface area (Å²) in [5.41, 5.74) is 5.24. The Morgan fingerprint density at radius 2 is 1.68 bits per heavy atom. The van der Waals surface area contributed by atoms with Gasteiger partial charge in [-0.25, -0.2) is 14.4 Å². The van der Waals surface area contributed by atoms with E-state index in [1.54, 1.807) is 24.0 Å². The van der Waals surface area contributed by atoms with E-state index in [2.05, 4.69) is 43.0 Å². The van der Waals surface area contributed by atoms with Crippen molar-refractivity contribution >= 4 is 51.7 Å². The fourth-order valence-electron chi connectivity index (χ4n) is 9.91. The summed E-state index contributed by atoms with van der Waals surface area (Å²) < 4.78 is 24.3. The first-order chi connectivity index (χ1) is 31.6. The molecule has 5 aromatic rings. The maximum Gasteiger partial charge on any atom is 0.255 e. The summed E-state index contributed by atoms with van der Waals surface area (Å²) in [6.07, 6.45) is 9.06. The number of carbonyl (C=O) groups is 5. The van der Waals surface area contributed by atoms with Crippen molar-refractivity contribution in [3.8, 4) is 16.9 Å². The number of ether oxygens (including phenoxy) is 1. The number of piperidine rings is 3. The van der Waals surface area contributed by atoms with Crippen LogP contribution in [0.3, 0.4) is 0 Å². The Morgan fingerprint density at radius 1 is 0.892 bits per heavy atom. The lowest BCUT2D eigenvalue weighted by Crippen LogP contribution is -2.47. The van der Waals surface area contributed by atoms with Gasteiger partial charge in [-0.05, 0) is 104 Å². The Kier molecular flexibility index (Phi) is 11.9. The highest BCUT2D eigenvalue weighted by Crippen LogP contribution is 2.38. The van der Waals surface area contributed by atoms with E-state index >= 15 is 4.39 Å². The molecule has 3 fully saturated rings. The van der Waals surface area contributed by atoms with Gasteiger partial charge in [0.25, 0.3) is 11.8 Å². The number of halogens is 1. The van der Waals surface area contributed by atoms with E-state index in [-0.39, 0.29) is 41.5 Å². The highest BCUT2D eigenvalue weighted by molar-refractivity contribution is 7.13. The number of hydrogen-bond donors (Lipinski definition) is 3. The van der Waals surface area contributed by atoms with Crippen LogP contribution in [0.1, 0.15) is 89.8 Å². The number of fused-ring (bicyclic) bond motifs is 2. The van der Waals surface area contributed by atoms with E-state index in [1.807, 2.05) is 45.9 Å². The first-order valence-electron chi connectivity index (χ1n) is 22.5. The maximum absolute atomic E-state index is 15.9. The number of imidazole rings is 1. The molecule has 15 nitrogen and oxygen atoms in total. The SMILES string of the molecule is O=C1CC[C@H](Nc2ccc(C3CCN(CC(=O)N4CCC(Oc5ccc(-c6cc(F)c7c(c6)C(=O)N(C(C(=O)Nc6nccs6)c6ncn8c6CCC8)C7)cc5)CC4)CC3)cc2)C(=O)N1. The number of aryl methyl sites for hydroxylation is 1. The van der Waals surface area contributed by atoms with Crippen LogP contribution >= 0.6 is 11.3 Å². The smallest absolute Gasteiger partial charge is 0.255 e. The van der Waals surface area contributed by atoms with Gasteiger partial charge in [0, 0.05) is 73.0 Å². The third-order valence-electron chi connectivity index (χ3n) is 13.5. The van der Waals surface area contributed by atoms with Crippen LogP contribution in [-0.2, 0) is 38.7 Å². The van der Waals surface area contributed by atoms with Crippen LogP contribution in [-0.4, -0.2) is 104 Å². The minimum absolute atomic E-state index is 0.0513. The van der Waals surface area contributed by atoms with Crippen molar-refractivity contribution in [1.29, 1.82) is 0 Å².